The Morgan fingerprint density at radius 3 is 2.53 bits per heavy atom. The highest BCUT2D eigenvalue weighted by Crippen LogP contribution is 2.20. The minimum atomic E-state index is -0.514. The zero-order valence-corrected chi connectivity index (χ0v) is 11.9. The van der Waals surface area contributed by atoms with Crippen molar-refractivity contribution in [1.82, 2.24) is 4.90 Å². The Balaban J connectivity index is 2.76. The Kier molecular flexibility index (Phi) is 6.36. The summed E-state index contributed by atoms with van der Waals surface area (Å²) < 4.78 is 5.74. The van der Waals surface area contributed by atoms with Gasteiger partial charge in [-0.2, -0.15) is 0 Å². The highest BCUT2D eigenvalue weighted by Gasteiger charge is 2.20. The van der Waals surface area contributed by atoms with Gasteiger partial charge in [0.1, 0.15) is 5.75 Å². The van der Waals surface area contributed by atoms with E-state index in [1.165, 1.54) is 0 Å². The molecule has 0 saturated heterocycles. The molecule has 1 rings (SSSR count). The second-order valence-electron chi connectivity index (χ2n) is 4.35. The van der Waals surface area contributed by atoms with Gasteiger partial charge in [0, 0.05) is 19.7 Å². The molecule has 0 radical (unpaired) electrons. The summed E-state index contributed by atoms with van der Waals surface area (Å²) in [6, 6.07) is 7.50. The Labute approximate surface area is 115 Å². The van der Waals surface area contributed by atoms with Gasteiger partial charge < -0.3 is 14.7 Å². The first-order chi connectivity index (χ1) is 9.13. The second-order valence-corrected chi connectivity index (χ2v) is 4.35. The maximum absolute atomic E-state index is 12.1. The number of para-hydroxylation sites is 1. The van der Waals surface area contributed by atoms with E-state index in [0.29, 0.717) is 25.3 Å². The normalized spacial score (nSPS) is 12.0. The second kappa shape index (κ2) is 7.79. The SMILES string of the molecule is CCN(CC)C(=O)C(C)Oc1ccccc1CCO. The van der Waals surface area contributed by atoms with Crippen molar-refractivity contribution in [3.63, 3.8) is 0 Å². The van der Waals surface area contributed by atoms with E-state index in [0.717, 1.165) is 5.56 Å². The standard InChI is InChI=1S/C15H23NO3/c1-4-16(5-2)15(18)12(3)19-14-9-7-6-8-13(14)10-11-17/h6-9,12,17H,4-5,10-11H2,1-3H3. The zero-order valence-electron chi connectivity index (χ0n) is 11.9. The molecular weight excluding hydrogens is 242 g/mol. The van der Waals surface area contributed by atoms with Gasteiger partial charge in [0.15, 0.2) is 6.10 Å². The predicted molar refractivity (Wildman–Crippen MR) is 75.2 cm³/mol. The molecule has 1 N–H and O–H groups in total. The lowest BCUT2D eigenvalue weighted by Crippen LogP contribution is -2.40. The molecule has 1 aromatic rings. The van der Waals surface area contributed by atoms with Gasteiger partial charge in [-0.15, -0.1) is 0 Å². The fourth-order valence-electron chi connectivity index (χ4n) is 1.98. The number of hydrogen-bond donors (Lipinski definition) is 1. The first-order valence-corrected chi connectivity index (χ1v) is 6.78. The van der Waals surface area contributed by atoms with Crippen LogP contribution in [-0.2, 0) is 11.2 Å². The first-order valence-electron chi connectivity index (χ1n) is 6.78. The molecule has 0 aliphatic carbocycles. The van der Waals surface area contributed by atoms with E-state index in [-0.39, 0.29) is 12.5 Å². The average Bonchev–Trinajstić information content (AvgIpc) is 2.42. The smallest absolute Gasteiger partial charge is 0.263 e. The molecule has 0 aliphatic rings. The van der Waals surface area contributed by atoms with Crippen LogP contribution in [0.1, 0.15) is 26.3 Å². The van der Waals surface area contributed by atoms with Crippen molar-refractivity contribution < 1.29 is 14.6 Å². The van der Waals surface area contributed by atoms with E-state index in [1.54, 1.807) is 11.8 Å². The third kappa shape index (κ3) is 4.24. The monoisotopic (exact) mass is 265 g/mol. The van der Waals surface area contributed by atoms with Crippen molar-refractivity contribution in [1.29, 1.82) is 0 Å². The summed E-state index contributed by atoms with van der Waals surface area (Å²) in [5.41, 5.74) is 0.921. The third-order valence-corrected chi connectivity index (χ3v) is 3.08. The molecule has 0 bridgehead atoms. The quantitative estimate of drug-likeness (QED) is 0.818. The molecule has 0 spiro atoms. The first kappa shape index (κ1) is 15.5. The van der Waals surface area contributed by atoms with E-state index >= 15 is 0 Å². The number of likely N-dealkylation sites (N-methyl/N-ethyl adjacent to an activating group) is 1. The molecule has 4 heteroatoms. The van der Waals surface area contributed by atoms with Crippen LogP contribution in [0.4, 0.5) is 0 Å². The molecule has 1 aromatic carbocycles. The molecule has 0 aliphatic heterocycles. The van der Waals surface area contributed by atoms with Crippen molar-refractivity contribution in [3.05, 3.63) is 29.8 Å². The van der Waals surface area contributed by atoms with Crippen molar-refractivity contribution in [2.45, 2.75) is 33.3 Å². The molecule has 19 heavy (non-hydrogen) atoms. The van der Waals surface area contributed by atoms with Crippen molar-refractivity contribution >= 4 is 5.91 Å². The highest BCUT2D eigenvalue weighted by molar-refractivity contribution is 5.80. The van der Waals surface area contributed by atoms with Gasteiger partial charge in [0.05, 0.1) is 0 Å². The molecule has 0 fully saturated rings. The van der Waals surface area contributed by atoms with E-state index < -0.39 is 6.10 Å². The van der Waals surface area contributed by atoms with Gasteiger partial charge in [-0.05, 0) is 38.8 Å². The summed E-state index contributed by atoms with van der Waals surface area (Å²) >= 11 is 0. The van der Waals surface area contributed by atoms with Gasteiger partial charge in [-0.3, -0.25) is 4.79 Å². The number of ether oxygens (including phenoxy) is 1. The summed E-state index contributed by atoms with van der Waals surface area (Å²) in [5, 5.41) is 9.02. The van der Waals surface area contributed by atoms with Crippen molar-refractivity contribution in [2.24, 2.45) is 0 Å². The Morgan fingerprint density at radius 1 is 1.32 bits per heavy atom. The zero-order chi connectivity index (χ0) is 14.3. The van der Waals surface area contributed by atoms with Crippen molar-refractivity contribution in [3.8, 4) is 5.75 Å². The number of carbonyl (C=O) groups is 1. The predicted octanol–water partition coefficient (Wildman–Crippen LogP) is 1.86. The number of aliphatic hydroxyl groups excluding tert-OH is 1. The lowest BCUT2D eigenvalue weighted by Gasteiger charge is -2.24. The number of carbonyl (C=O) groups excluding carboxylic acids is 1. The lowest BCUT2D eigenvalue weighted by molar-refractivity contribution is -0.137. The van der Waals surface area contributed by atoms with E-state index in [1.807, 2.05) is 38.1 Å². The van der Waals surface area contributed by atoms with Gasteiger partial charge in [-0.1, -0.05) is 18.2 Å². The summed E-state index contributed by atoms with van der Waals surface area (Å²) in [6.07, 6.45) is 0.0160. The van der Waals surface area contributed by atoms with Crippen LogP contribution in [0, 0.1) is 0 Å². The maximum atomic E-state index is 12.1. The number of benzene rings is 1. The number of rotatable bonds is 7. The minimum Gasteiger partial charge on any atom is -0.481 e. The largest absolute Gasteiger partial charge is 0.481 e. The van der Waals surface area contributed by atoms with Crippen LogP contribution >= 0.6 is 0 Å². The van der Waals surface area contributed by atoms with Crippen LogP contribution in [0.5, 0.6) is 5.75 Å². The highest BCUT2D eigenvalue weighted by atomic mass is 16.5. The molecule has 106 valence electrons. The average molecular weight is 265 g/mol. The summed E-state index contributed by atoms with van der Waals surface area (Å²) in [4.78, 5) is 13.9. The van der Waals surface area contributed by atoms with Gasteiger partial charge >= 0.3 is 0 Å². The molecule has 0 saturated carbocycles. The fourth-order valence-corrected chi connectivity index (χ4v) is 1.98. The van der Waals surface area contributed by atoms with Crippen LogP contribution in [0.25, 0.3) is 0 Å². The van der Waals surface area contributed by atoms with E-state index in [2.05, 4.69) is 0 Å². The fraction of sp³-hybridized carbons (Fsp3) is 0.533. The molecular formula is C15H23NO3. The topological polar surface area (TPSA) is 49.8 Å². The Morgan fingerprint density at radius 2 is 1.95 bits per heavy atom. The van der Waals surface area contributed by atoms with Crippen LogP contribution in [0.2, 0.25) is 0 Å². The van der Waals surface area contributed by atoms with Crippen LogP contribution in [0.3, 0.4) is 0 Å². The number of nitrogens with zero attached hydrogens (tertiary/aromatic N) is 1. The van der Waals surface area contributed by atoms with Gasteiger partial charge in [-0.25, -0.2) is 0 Å². The number of aliphatic hydroxyl groups is 1. The molecule has 1 atom stereocenters. The molecule has 1 unspecified atom stereocenters. The van der Waals surface area contributed by atoms with E-state index in [9.17, 15) is 4.79 Å². The van der Waals surface area contributed by atoms with Crippen molar-refractivity contribution in [2.75, 3.05) is 19.7 Å². The summed E-state index contributed by atoms with van der Waals surface area (Å²) in [7, 11) is 0. The van der Waals surface area contributed by atoms with Crippen LogP contribution in [0.15, 0.2) is 24.3 Å². The third-order valence-electron chi connectivity index (χ3n) is 3.08. The number of hydrogen-bond acceptors (Lipinski definition) is 3. The Bertz CT molecular complexity index is 402. The molecule has 0 aromatic heterocycles. The minimum absolute atomic E-state index is 0.0104. The molecule has 1 amide bonds. The Hall–Kier alpha value is -1.55. The van der Waals surface area contributed by atoms with Gasteiger partial charge in [0.2, 0.25) is 0 Å². The summed E-state index contributed by atoms with van der Waals surface area (Å²) in [5.74, 6) is 0.661. The van der Waals surface area contributed by atoms with Crippen LogP contribution < -0.4 is 4.74 Å². The summed E-state index contributed by atoms with van der Waals surface area (Å²) in [6.45, 7) is 7.10. The van der Waals surface area contributed by atoms with E-state index in [4.69, 9.17) is 9.84 Å². The molecule has 4 nitrogen and oxygen atoms in total. The number of amides is 1. The lowest BCUT2D eigenvalue weighted by atomic mass is 10.1. The van der Waals surface area contributed by atoms with Gasteiger partial charge in [0.25, 0.3) is 5.91 Å². The maximum Gasteiger partial charge on any atom is 0.263 e. The van der Waals surface area contributed by atoms with Crippen LogP contribution in [-0.4, -0.2) is 41.7 Å². The molecule has 0 heterocycles.